The zero-order chi connectivity index (χ0) is 47.9. The molecule has 1 spiro atoms. The summed E-state index contributed by atoms with van der Waals surface area (Å²) >= 11 is 0. The topological polar surface area (TPSA) is 73.6 Å². The van der Waals surface area contributed by atoms with E-state index in [9.17, 15) is 5.26 Å². The van der Waals surface area contributed by atoms with Gasteiger partial charge in [0, 0.05) is 79.0 Å². The van der Waals surface area contributed by atoms with Gasteiger partial charge in [-0.05, 0) is 119 Å². The molecule has 0 fully saturated rings. The van der Waals surface area contributed by atoms with Gasteiger partial charge in [0.1, 0.15) is 11.5 Å². The van der Waals surface area contributed by atoms with Crippen molar-refractivity contribution in [2.24, 2.45) is 0 Å². The molecule has 0 bridgehead atoms. The van der Waals surface area contributed by atoms with Crippen LogP contribution >= 0.6 is 0 Å². The lowest BCUT2D eigenvalue weighted by Gasteiger charge is -2.39. The third-order valence-electron chi connectivity index (χ3n) is 15.6. The molecule has 338 valence electrons. The lowest BCUT2D eigenvalue weighted by atomic mass is 9.66. The lowest BCUT2D eigenvalue weighted by molar-refractivity contribution is 0.436. The van der Waals surface area contributed by atoms with E-state index in [0.29, 0.717) is 5.56 Å². The third-order valence-corrected chi connectivity index (χ3v) is 15.6. The van der Waals surface area contributed by atoms with Crippen molar-refractivity contribution >= 4 is 65.4 Å². The predicted molar refractivity (Wildman–Crippen MR) is 293 cm³/mol. The minimum Gasteiger partial charge on any atom is -0.457 e. The molecule has 0 saturated carbocycles. The Morgan fingerprint density at radius 2 is 0.808 bits per heavy atom. The fourth-order valence-electron chi connectivity index (χ4n) is 12.6. The van der Waals surface area contributed by atoms with Gasteiger partial charge in [0.05, 0.1) is 61.5 Å². The standard InChI is InChI=1S/C66H38N6O/c67-39-40-24-30-60-50(34-40)51-35-41(26-31-61(51)71(60)44-13-9-12-43(37-44)70-56-20-5-1-14-46(56)47-15-2-6-21-57(47)70)42-25-28-52-62(36-42)73-63-38-45(72-58-22-7-3-16-48(58)49-17-4-8-23-59(49)72)27-29-53(63)66(52)54-18-10-32-68-64(54)65-55(66)19-11-33-69-65/h1-38H. The van der Waals surface area contributed by atoms with Gasteiger partial charge in [-0.15, -0.1) is 0 Å². The molecule has 7 heteroatoms. The molecule has 16 rings (SSSR count). The summed E-state index contributed by atoms with van der Waals surface area (Å²) in [5, 5.41) is 17.1. The molecule has 2 aliphatic rings. The Morgan fingerprint density at radius 1 is 0.356 bits per heavy atom. The van der Waals surface area contributed by atoms with Gasteiger partial charge in [-0.1, -0.05) is 115 Å². The molecule has 9 aromatic carbocycles. The van der Waals surface area contributed by atoms with E-state index in [0.717, 1.165) is 117 Å². The first-order chi connectivity index (χ1) is 36.2. The number of hydrogen-bond acceptors (Lipinski definition) is 4. The predicted octanol–water partition coefficient (Wildman–Crippen LogP) is 15.8. The number of nitrogens with zero attached hydrogens (tertiary/aromatic N) is 6. The van der Waals surface area contributed by atoms with Crippen LogP contribution in [0, 0.1) is 11.3 Å². The van der Waals surface area contributed by atoms with Crippen LogP contribution in [0.25, 0.3) is 105 Å². The van der Waals surface area contributed by atoms with Crippen LogP contribution in [-0.2, 0) is 5.41 Å². The molecular formula is C66H38N6O. The van der Waals surface area contributed by atoms with E-state index in [2.05, 4.69) is 214 Å². The van der Waals surface area contributed by atoms with Gasteiger partial charge < -0.3 is 18.4 Å². The van der Waals surface area contributed by atoms with Crippen LogP contribution in [0.5, 0.6) is 11.5 Å². The van der Waals surface area contributed by atoms with Crippen molar-refractivity contribution in [3.8, 4) is 57.1 Å². The molecular weight excluding hydrogens is 893 g/mol. The van der Waals surface area contributed by atoms with E-state index in [1.165, 1.54) is 21.5 Å². The zero-order valence-corrected chi connectivity index (χ0v) is 39.0. The number of fused-ring (bicyclic) bond motifs is 18. The molecule has 0 radical (unpaired) electrons. The third kappa shape index (κ3) is 5.36. The van der Waals surface area contributed by atoms with Crippen molar-refractivity contribution in [3.63, 3.8) is 0 Å². The van der Waals surface area contributed by atoms with E-state index in [-0.39, 0.29) is 0 Å². The molecule has 6 heterocycles. The Labute approximate surface area is 418 Å². The second-order valence-corrected chi connectivity index (χ2v) is 19.2. The van der Waals surface area contributed by atoms with Gasteiger partial charge in [-0.2, -0.15) is 5.26 Å². The molecule has 0 N–H and O–H groups in total. The summed E-state index contributed by atoms with van der Waals surface area (Å²) in [6.45, 7) is 0. The summed E-state index contributed by atoms with van der Waals surface area (Å²) < 4.78 is 14.3. The van der Waals surface area contributed by atoms with Gasteiger partial charge in [0.2, 0.25) is 0 Å². The number of nitriles is 1. The van der Waals surface area contributed by atoms with Crippen LogP contribution in [0.15, 0.2) is 231 Å². The summed E-state index contributed by atoms with van der Waals surface area (Å²) in [6, 6.07) is 80.2. The number of hydrogen-bond donors (Lipinski definition) is 0. The average Bonchev–Trinajstić information content (AvgIpc) is 4.17. The summed E-state index contributed by atoms with van der Waals surface area (Å²) in [6.07, 6.45) is 3.72. The molecule has 0 atom stereocenters. The number of rotatable bonds is 4. The Balaban J connectivity index is 0.885. The smallest absolute Gasteiger partial charge is 0.134 e. The molecule has 0 saturated heterocycles. The van der Waals surface area contributed by atoms with Crippen molar-refractivity contribution in [1.29, 1.82) is 5.26 Å². The summed E-state index contributed by atoms with van der Waals surface area (Å²) in [5.74, 6) is 1.55. The molecule has 5 aromatic heterocycles. The molecule has 1 aliphatic heterocycles. The number of ether oxygens (including phenoxy) is 1. The highest BCUT2D eigenvalue weighted by Crippen LogP contribution is 2.62. The van der Waals surface area contributed by atoms with Crippen molar-refractivity contribution in [2.45, 2.75) is 5.41 Å². The summed E-state index contributed by atoms with van der Waals surface area (Å²) in [7, 11) is 0. The molecule has 73 heavy (non-hydrogen) atoms. The van der Waals surface area contributed by atoms with E-state index in [1.807, 2.05) is 36.7 Å². The van der Waals surface area contributed by atoms with Crippen molar-refractivity contribution < 1.29 is 4.74 Å². The minimum atomic E-state index is -0.743. The number of benzene rings is 9. The quantitative estimate of drug-likeness (QED) is 0.176. The first-order valence-electron chi connectivity index (χ1n) is 24.6. The van der Waals surface area contributed by atoms with E-state index in [4.69, 9.17) is 14.7 Å². The van der Waals surface area contributed by atoms with Gasteiger partial charge >= 0.3 is 0 Å². The van der Waals surface area contributed by atoms with Crippen LogP contribution in [0.2, 0.25) is 0 Å². The van der Waals surface area contributed by atoms with Gasteiger partial charge in [-0.25, -0.2) is 0 Å². The minimum absolute atomic E-state index is 0.614. The maximum Gasteiger partial charge on any atom is 0.134 e. The first-order valence-corrected chi connectivity index (χ1v) is 24.6. The number of aromatic nitrogens is 5. The normalized spacial score (nSPS) is 13.1. The molecule has 0 unspecified atom stereocenters. The second kappa shape index (κ2) is 14.8. The van der Waals surface area contributed by atoms with Crippen LogP contribution < -0.4 is 4.74 Å². The summed E-state index contributed by atoms with van der Waals surface area (Å²) in [5.41, 5.74) is 17.7. The largest absolute Gasteiger partial charge is 0.457 e. The monoisotopic (exact) mass is 930 g/mol. The highest BCUT2D eigenvalue weighted by atomic mass is 16.5. The Kier molecular flexibility index (Phi) is 8.04. The van der Waals surface area contributed by atoms with E-state index in [1.54, 1.807) is 0 Å². The number of para-hydroxylation sites is 4. The van der Waals surface area contributed by atoms with Crippen LogP contribution in [0.1, 0.15) is 27.8 Å². The maximum atomic E-state index is 10.2. The highest BCUT2D eigenvalue weighted by molar-refractivity contribution is 6.12. The Bertz CT molecular complexity index is 4600. The lowest BCUT2D eigenvalue weighted by Crippen LogP contribution is -2.32. The Hall–Kier alpha value is -10.0. The molecule has 7 nitrogen and oxygen atoms in total. The molecule has 14 aromatic rings. The van der Waals surface area contributed by atoms with E-state index >= 15 is 0 Å². The van der Waals surface area contributed by atoms with Gasteiger partial charge in [0.15, 0.2) is 0 Å². The van der Waals surface area contributed by atoms with Crippen molar-refractivity contribution in [1.82, 2.24) is 23.7 Å². The molecule has 0 amide bonds. The van der Waals surface area contributed by atoms with Crippen molar-refractivity contribution in [3.05, 3.63) is 259 Å². The SMILES string of the molecule is N#Cc1ccc2c(c1)c1cc(-c3ccc4c(c3)Oc3cc(-n5c6ccccc6c6ccccc65)ccc3C43c4cccnc4-c4ncccc43)ccc1n2-c1cccc(-n2c3ccccc3c3ccccc32)c1. The first kappa shape index (κ1) is 39.8. The highest BCUT2D eigenvalue weighted by Gasteiger charge is 2.52. The van der Waals surface area contributed by atoms with Crippen LogP contribution in [0.3, 0.4) is 0 Å². The average molecular weight is 931 g/mol. The summed E-state index contributed by atoms with van der Waals surface area (Å²) in [4.78, 5) is 9.98. The zero-order valence-electron chi connectivity index (χ0n) is 39.0. The fraction of sp³-hybridized carbons (Fsp3) is 0.0152. The second-order valence-electron chi connectivity index (χ2n) is 19.2. The Morgan fingerprint density at radius 3 is 1.37 bits per heavy atom. The maximum absolute atomic E-state index is 10.2. The van der Waals surface area contributed by atoms with Crippen LogP contribution in [-0.4, -0.2) is 23.7 Å². The van der Waals surface area contributed by atoms with Gasteiger partial charge in [0.25, 0.3) is 0 Å². The fourth-order valence-corrected chi connectivity index (χ4v) is 12.6. The van der Waals surface area contributed by atoms with E-state index < -0.39 is 5.41 Å². The van der Waals surface area contributed by atoms with Crippen LogP contribution in [0.4, 0.5) is 0 Å². The number of pyridine rings is 2. The van der Waals surface area contributed by atoms with Gasteiger partial charge in [-0.3, -0.25) is 9.97 Å². The molecule has 1 aliphatic carbocycles. The van der Waals surface area contributed by atoms with Crippen molar-refractivity contribution in [2.75, 3.05) is 0 Å².